The number of benzene rings is 1. The standard InChI is InChI=1S/C28H39N2O5Si/c1-27(2,3)34-26(33)30-22(17-19-10-12-20(13-11-19)25(31)32)14-15-23(30)24(21-9-8-16-29-18-21)35-36(7)28(4,5)6/h8-13,16,18,22-24H,14-15,17H2,1-7H3,(H,31,32)/t22-,23+,24+/m0/s1. The summed E-state index contributed by atoms with van der Waals surface area (Å²) in [6, 6.07) is 10.5. The van der Waals surface area contributed by atoms with Gasteiger partial charge in [0.05, 0.1) is 17.7 Å². The molecule has 7 nitrogen and oxygen atoms in total. The first-order valence-corrected chi connectivity index (χ1v) is 14.4. The van der Waals surface area contributed by atoms with Crippen LogP contribution in [0.25, 0.3) is 0 Å². The molecular weight excluding hydrogens is 472 g/mol. The largest absolute Gasteiger partial charge is 0.478 e. The molecular formula is C28H39N2O5Si. The SMILES string of the molecule is C[Si](O[C@H](c1cccnc1)[C@H]1CC[C@@H](Cc2ccc(C(=O)O)cc2)N1C(=O)OC(C)(C)C)C(C)(C)C. The van der Waals surface area contributed by atoms with E-state index >= 15 is 0 Å². The number of pyridine rings is 1. The van der Waals surface area contributed by atoms with Gasteiger partial charge in [0.15, 0.2) is 0 Å². The topological polar surface area (TPSA) is 89.0 Å². The van der Waals surface area contributed by atoms with Crippen molar-refractivity contribution in [2.75, 3.05) is 0 Å². The maximum atomic E-state index is 13.6. The fourth-order valence-corrected chi connectivity index (χ4v) is 5.37. The van der Waals surface area contributed by atoms with Gasteiger partial charge in [-0.2, -0.15) is 0 Å². The summed E-state index contributed by atoms with van der Waals surface area (Å²) in [5, 5.41) is 9.25. The van der Waals surface area contributed by atoms with E-state index in [0.717, 1.165) is 24.0 Å². The molecule has 1 aliphatic rings. The molecule has 1 N–H and O–H groups in total. The van der Waals surface area contributed by atoms with Crippen molar-refractivity contribution in [3.05, 3.63) is 65.5 Å². The maximum absolute atomic E-state index is 13.6. The van der Waals surface area contributed by atoms with Gasteiger partial charge in [0.2, 0.25) is 9.04 Å². The third-order valence-electron chi connectivity index (χ3n) is 6.55. The van der Waals surface area contributed by atoms with Crippen LogP contribution in [0.2, 0.25) is 11.6 Å². The zero-order valence-corrected chi connectivity index (χ0v) is 23.4. The molecule has 3 atom stereocenters. The number of hydrogen-bond donors (Lipinski definition) is 1. The predicted octanol–water partition coefficient (Wildman–Crippen LogP) is 6.27. The lowest BCUT2D eigenvalue weighted by atomic mass is 10.0. The average Bonchev–Trinajstić information content (AvgIpc) is 3.19. The number of hydrogen-bond acceptors (Lipinski definition) is 5. The minimum Gasteiger partial charge on any atom is -0.478 e. The van der Waals surface area contributed by atoms with E-state index in [0.29, 0.717) is 6.42 Å². The van der Waals surface area contributed by atoms with Crippen LogP contribution in [0.3, 0.4) is 0 Å². The Hall–Kier alpha value is -2.71. The number of rotatable bonds is 7. The average molecular weight is 512 g/mol. The van der Waals surface area contributed by atoms with E-state index in [9.17, 15) is 14.7 Å². The molecule has 1 aliphatic heterocycles. The monoisotopic (exact) mass is 511 g/mol. The number of likely N-dealkylation sites (tertiary alicyclic amines) is 1. The van der Waals surface area contributed by atoms with E-state index in [1.165, 1.54) is 0 Å². The van der Waals surface area contributed by atoms with Gasteiger partial charge in [0.1, 0.15) is 5.60 Å². The number of carboxylic acids is 1. The molecule has 1 saturated heterocycles. The highest BCUT2D eigenvalue weighted by Crippen LogP contribution is 2.40. The molecule has 1 amide bonds. The summed E-state index contributed by atoms with van der Waals surface area (Å²) < 4.78 is 12.7. The normalized spacial score (nSPS) is 19.4. The lowest BCUT2D eigenvalue weighted by Crippen LogP contribution is -2.48. The fourth-order valence-electron chi connectivity index (χ4n) is 4.34. The Morgan fingerprint density at radius 1 is 1.11 bits per heavy atom. The van der Waals surface area contributed by atoms with Crippen LogP contribution in [-0.2, 0) is 15.6 Å². The van der Waals surface area contributed by atoms with Crippen molar-refractivity contribution in [3.8, 4) is 0 Å². The van der Waals surface area contributed by atoms with Crippen LogP contribution in [0.4, 0.5) is 4.79 Å². The van der Waals surface area contributed by atoms with Crippen LogP contribution in [0.1, 0.15) is 82.0 Å². The Labute approximate surface area is 216 Å². The molecule has 1 radical (unpaired) electrons. The van der Waals surface area contributed by atoms with Crippen molar-refractivity contribution in [1.82, 2.24) is 9.88 Å². The number of carbonyl (C=O) groups excluding carboxylic acids is 1. The fraction of sp³-hybridized carbons (Fsp3) is 0.536. The number of ether oxygens (including phenoxy) is 1. The Kier molecular flexibility index (Phi) is 8.62. The summed E-state index contributed by atoms with van der Waals surface area (Å²) in [5.41, 5.74) is 1.55. The number of aromatic carboxylic acids is 1. The smallest absolute Gasteiger partial charge is 0.410 e. The molecule has 1 aromatic heterocycles. The molecule has 1 fully saturated rings. The maximum Gasteiger partial charge on any atom is 0.410 e. The Morgan fingerprint density at radius 2 is 1.78 bits per heavy atom. The molecule has 8 heteroatoms. The van der Waals surface area contributed by atoms with Crippen molar-refractivity contribution in [1.29, 1.82) is 0 Å². The van der Waals surface area contributed by atoms with Crippen LogP contribution >= 0.6 is 0 Å². The number of nitrogens with zero attached hydrogens (tertiary/aromatic N) is 2. The van der Waals surface area contributed by atoms with Crippen molar-refractivity contribution in [2.24, 2.45) is 0 Å². The van der Waals surface area contributed by atoms with Crippen LogP contribution in [0.5, 0.6) is 0 Å². The van der Waals surface area contributed by atoms with Crippen molar-refractivity contribution in [2.45, 2.75) is 96.2 Å². The number of amides is 1. The van der Waals surface area contributed by atoms with E-state index in [4.69, 9.17) is 9.16 Å². The predicted molar refractivity (Wildman–Crippen MR) is 141 cm³/mol. The molecule has 0 unspecified atom stereocenters. The summed E-state index contributed by atoms with van der Waals surface area (Å²) in [6.07, 6.45) is 5.08. The molecule has 0 aliphatic carbocycles. The molecule has 2 heterocycles. The quantitative estimate of drug-likeness (QED) is 0.441. The lowest BCUT2D eigenvalue weighted by molar-refractivity contribution is -0.00139. The van der Waals surface area contributed by atoms with E-state index in [1.807, 2.05) is 56.1 Å². The lowest BCUT2D eigenvalue weighted by Gasteiger charge is -2.38. The summed E-state index contributed by atoms with van der Waals surface area (Å²) in [4.78, 5) is 31.1. The van der Waals surface area contributed by atoms with E-state index < -0.39 is 20.6 Å². The second kappa shape index (κ2) is 11.1. The molecule has 0 saturated carbocycles. The van der Waals surface area contributed by atoms with Gasteiger partial charge in [-0.3, -0.25) is 9.88 Å². The number of carbonyl (C=O) groups is 2. The molecule has 195 valence electrons. The molecule has 3 rings (SSSR count). The third kappa shape index (κ3) is 7.17. The second-order valence-corrected chi connectivity index (χ2v) is 14.4. The van der Waals surface area contributed by atoms with Gasteiger partial charge < -0.3 is 14.3 Å². The second-order valence-electron chi connectivity index (χ2n) is 11.5. The molecule has 0 bridgehead atoms. The van der Waals surface area contributed by atoms with Gasteiger partial charge in [-0.15, -0.1) is 0 Å². The van der Waals surface area contributed by atoms with Crippen LogP contribution < -0.4 is 0 Å². The summed E-state index contributed by atoms with van der Waals surface area (Å²) in [5.74, 6) is -0.953. The minimum absolute atomic E-state index is 0.0196. The highest BCUT2D eigenvalue weighted by atomic mass is 28.3. The van der Waals surface area contributed by atoms with Gasteiger partial charge in [-0.05, 0) is 80.9 Å². The van der Waals surface area contributed by atoms with Gasteiger partial charge in [-0.25, -0.2) is 9.59 Å². The van der Waals surface area contributed by atoms with E-state index in [2.05, 4.69) is 32.3 Å². The van der Waals surface area contributed by atoms with Gasteiger partial charge >= 0.3 is 12.1 Å². The zero-order valence-electron chi connectivity index (χ0n) is 22.4. The molecule has 0 spiro atoms. The Bertz CT molecular complexity index is 1030. The molecule has 36 heavy (non-hydrogen) atoms. The minimum atomic E-state index is -1.22. The van der Waals surface area contributed by atoms with E-state index in [1.54, 1.807) is 18.3 Å². The van der Waals surface area contributed by atoms with Crippen molar-refractivity contribution < 1.29 is 23.9 Å². The van der Waals surface area contributed by atoms with Crippen LogP contribution in [-0.4, -0.2) is 53.8 Å². The van der Waals surface area contributed by atoms with Gasteiger partial charge in [0.25, 0.3) is 0 Å². The number of carboxylic acid groups (broad SMARTS) is 1. The first-order chi connectivity index (χ1) is 16.8. The number of aromatic nitrogens is 1. The first-order valence-electron chi connectivity index (χ1n) is 12.5. The van der Waals surface area contributed by atoms with Crippen LogP contribution in [0.15, 0.2) is 48.8 Å². The summed E-state index contributed by atoms with van der Waals surface area (Å²) in [7, 11) is -1.22. The molecule has 2 aromatic rings. The van der Waals surface area contributed by atoms with Crippen molar-refractivity contribution in [3.63, 3.8) is 0 Å². The zero-order chi connectivity index (χ0) is 26.7. The first kappa shape index (κ1) is 27.9. The highest BCUT2D eigenvalue weighted by Gasteiger charge is 2.45. The van der Waals surface area contributed by atoms with Gasteiger partial charge in [0, 0.05) is 18.4 Å². The van der Waals surface area contributed by atoms with Crippen molar-refractivity contribution >= 4 is 21.1 Å². The van der Waals surface area contributed by atoms with Gasteiger partial charge in [-0.1, -0.05) is 39.0 Å². The summed E-state index contributed by atoms with van der Waals surface area (Å²) >= 11 is 0. The Balaban J connectivity index is 1.95. The Morgan fingerprint density at radius 3 is 2.31 bits per heavy atom. The highest BCUT2D eigenvalue weighted by molar-refractivity contribution is 6.53. The van der Waals surface area contributed by atoms with E-state index in [-0.39, 0.29) is 34.9 Å². The third-order valence-corrected chi connectivity index (χ3v) is 9.27. The summed E-state index contributed by atoms with van der Waals surface area (Å²) in [6.45, 7) is 14.3. The molecule has 1 aromatic carbocycles. The van der Waals surface area contributed by atoms with Crippen LogP contribution in [0, 0.1) is 0 Å².